The summed E-state index contributed by atoms with van der Waals surface area (Å²) in [5.41, 5.74) is 8.60. The number of rotatable bonds is 3. The topological polar surface area (TPSA) is 35.9 Å². The minimum absolute atomic E-state index is 0.873. The van der Waals surface area contributed by atoms with Crippen LogP contribution in [0.2, 0.25) is 0 Å². The van der Waals surface area contributed by atoms with E-state index in [4.69, 9.17) is 9.40 Å². The van der Waals surface area contributed by atoms with Crippen LogP contribution in [0.1, 0.15) is 6.92 Å². The molecule has 5 aromatic carbocycles. The summed E-state index contributed by atoms with van der Waals surface area (Å²) < 4.78 is 11.0. The molecule has 0 N–H and O–H groups in total. The third-order valence-corrected chi connectivity index (χ3v) is 7.53. The van der Waals surface area contributed by atoms with E-state index >= 15 is 0 Å². The number of nitrogens with zero attached hydrogens (tertiary/aromatic N) is 3. The summed E-state index contributed by atoms with van der Waals surface area (Å²) >= 11 is 0. The maximum absolute atomic E-state index is 6.43. The Labute approximate surface area is 213 Å². The van der Waals surface area contributed by atoms with E-state index in [2.05, 4.69) is 107 Å². The van der Waals surface area contributed by atoms with E-state index in [1.54, 1.807) is 0 Å². The number of fused-ring (bicyclic) bond motifs is 8. The van der Waals surface area contributed by atoms with Crippen molar-refractivity contribution in [2.45, 2.75) is 13.5 Å². The molecule has 0 atom stereocenters. The van der Waals surface area contributed by atoms with Gasteiger partial charge in [-0.2, -0.15) is 0 Å². The van der Waals surface area contributed by atoms with Crippen molar-refractivity contribution >= 4 is 54.8 Å². The van der Waals surface area contributed by atoms with Gasteiger partial charge < -0.3 is 13.6 Å². The Bertz CT molecular complexity index is 2120. The summed E-state index contributed by atoms with van der Waals surface area (Å²) in [6, 6.07) is 38.4. The number of benzene rings is 5. The second kappa shape index (κ2) is 7.58. The molecular weight excluding hydrogens is 454 g/mol. The first kappa shape index (κ1) is 20.4. The highest BCUT2D eigenvalue weighted by molar-refractivity contribution is 6.23. The predicted octanol–water partition coefficient (Wildman–Crippen LogP) is 8.72. The number of furan rings is 1. The van der Waals surface area contributed by atoms with E-state index in [0.29, 0.717) is 0 Å². The fraction of sp³-hybridized carbons (Fsp3) is 0.0606. The van der Waals surface area contributed by atoms with E-state index in [1.165, 1.54) is 16.4 Å². The van der Waals surface area contributed by atoms with Crippen molar-refractivity contribution in [3.8, 4) is 17.1 Å². The van der Waals surface area contributed by atoms with Gasteiger partial charge in [-0.1, -0.05) is 48.5 Å². The zero-order valence-corrected chi connectivity index (χ0v) is 20.3. The van der Waals surface area contributed by atoms with Gasteiger partial charge in [0, 0.05) is 34.0 Å². The molecule has 3 heterocycles. The van der Waals surface area contributed by atoms with Crippen LogP contribution >= 0.6 is 0 Å². The molecular formula is C33H23N3O. The van der Waals surface area contributed by atoms with Crippen LogP contribution in [0.5, 0.6) is 0 Å². The van der Waals surface area contributed by atoms with Gasteiger partial charge in [-0.3, -0.25) is 0 Å². The molecule has 8 aromatic rings. The third kappa shape index (κ3) is 2.81. The molecule has 4 nitrogen and oxygen atoms in total. The van der Waals surface area contributed by atoms with Crippen molar-refractivity contribution in [2.24, 2.45) is 0 Å². The van der Waals surface area contributed by atoms with E-state index in [1.807, 2.05) is 18.2 Å². The second-order valence-electron chi connectivity index (χ2n) is 9.50. The van der Waals surface area contributed by atoms with Gasteiger partial charge in [-0.15, -0.1) is 0 Å². The molecule has 0 aliphatic rings. The quantitative estimate of drug-likeness (QED) is 0.255. The fourth-order valence-electron chi connectivity index (χ4n) is 5.89. The van der Waals surface area contributed by atoms with Crippen LogP contribution in [0.4, 0.5) is 0 Å². The Morgan fingerprint density at radius 2 is 1.38 bits per heavy atom. The molecule has 3 aromatic heterocycles. The van der Waals surface area contributed by atoms with Gasteiger partial charge >= 0.3 is 0 Å². The number of imidazole rings is 1. The van der Waals surface area contributed by atoms with Gasteiger partial charge in [0.05, 0.1) is 27.5 Å². The largest absolute Gasteiger partial charge is 0.455 e. The molecule has 0 spiro atoms. The average Bonchev–Trinajstić information content (AvgIpc) is 3.62. The van der Waals surface area contributed by atoms with Gasteiger partial charge in [-0.25, -0.2) is 4.98 Å². The Kier molecular flexibility index (Phi) is 4.17. The molecule has 8 rings (SSSR count). The monoisotopic (exact) mass is 477 g/mol. The summed E-state index contributed by atoms with van der Waals surface area (Å²) in [7, 11) is 0. The average molecular weight is 478 g/mol. The van der Waals surface area contributed by atoms with Crippen LogP contribution in [0.15, 0.2) is 114 Å². The third-order valence-electron chi connectivity index (χ3n) is 7.53. The summed E-state index contributed by atoms with van der Waals surface area (Å²) in [5, 5.41) is 4.65. The zero-order valence-electron chi connectivity index (χ0n) is 20.3. The second-order valence-corrected chi connectivity index (χ2v) is 9.50. The summed E-state index contributed by atoms with van der Waals surface area (Å²) in [5.74, 6) is 1.00. The molecule has 0 aliphatic carbocycles. The molecule has 37 heavy (non-hydrogen) atoms. The molecule has 0 amide bonds. The molecule has 0 unspecified atom stereocenters. The normalized spacial score (nSPS) is 12.0. The molecule has 0 saturated heterocycles. The Morgan fingerprint density at radius 3 is 2.22 bits per heavy atom. The van der Waals surface area contributed by atoms with Crippen LogP contribution in [-0.4, -0.2) is 14.1 Å². The SMILES string of the molecule is CCn1c(-c2ccc(-n3c4ccccc4c4c5oc6ccccc6c5ccc43)cc2)nc2ccccc21. The predicted molar refractivity (Wildman–Crippen MR) is 152 cm³/mol. The number of hydrogen-bond donors (Lipinski definition) is 0. The number of aryl methyl sites for hydroxylation is 1. The van der Waals surface area contributed by atoms with Gasteiger partial charge in [0.1, 0.15) is 17.0 Å². The molecule has 0 saturated carbocycles. The van der Waals surface area contributed by atoms with E-state index < -0.39 is 0 Å². The van der Waals surface area contributed by atoms with E-state index in [0.717, 1.165) is 62.0 Å². The van der Waals surface area contributed by atoms with Crippen LogP contribution in [0.25, 0.3) is 71.9 Å². The lowest BCUT2D eigenvalue weighted by molar-refractivity contribution is 0.673. The number of hydrogen-bond acceptors (Lipinski definition) is 2. The maximum atomic E-state index is 6.43. The van der Waals surface area contributed by atoms with Crippen molar-refractivity contribution in [1.29, 1.82) is 0 Å². The van der Waals surface area contributed by atoms with Crippen LogP contribution in [0.3, 0.4) is 0 Å². The lowest BCUT2D eigenvalue weighted by Crippen LogP contribution is -1.98. The first-order valence-electron chi connectivity index (χ1n) is 12.7. The van der Waals surface area contributed by atoms with Crippen molar-refractivity contribution < 1.29 is 4.42 Å². The minimum atomic E-state index is 0.873. The molecule has 176 valence electrons. The van der Waals surface area contributed by atoms with Gasteiger partial charge in [0.15, 0.2) is 0 Å². The minimum Gasteiger partial charge on any atom is -0.455 e. The fourth-order valence-corrected chi connectivity index (χ4v) is 5.89. The molecule has 0 aliphatic heterocycles. The van der Waals surface area contributed by atoms with Crippen LogP contribution in [-0.2, 0) is 6.54 Å². The smallest absolute Gasteiger partial charge is 0.145 e. The maximum Gasteiger partial charge on any atom is 0.145 e. The summed E-state index contributed by atoms with van der Waals surface area (Å²) in [6.07, 6.45) is 0. The molecule has 0 fully saturated rings. The summed E-state index contributed by atoms with van der Waals surface area (Å²) in [6.45, 7) is 3.04. The van der Waals surface area contributed by atoms with Crippen LogP contribution in [0, 0.1) is 0 Å². The Morgan fingerprint density at radius 1 is 0.649 bits per heavy atom. The van der Waals surface area contributed by atoms with Gasteiger partial charge in [0.2, 0.25) is 0 Å². The van der Waals surface area contributed by atoms with Crippen LogP contribution < -0.4 is 0 Å². The van der Waals surface area contributed by atoms with Crippen molar-refractivity contribution in [3.05, 3.63) is 109 Å². The van der Waals surface area contributed by atoms with E-state index in [-0.39, 0.29) is 0 Å². The first-order valence-corrected chi connectivity index (χ1v) is 12.7. The van der Waals surface area contributed by atoms with E-state index in [9.17, 15) is 0 Å². The highest BCUT2D eigenvalue weighted by atomic mass is 16.3. The molecule has 0 bridgehead atoms. The van der Waals surface area contributed by atoms with Gasteiger partial charge in [0.25, 0.3) is 0 Å². The Balaban J connectivity index is 1.36. The standard InChI is InChI=1S/C33H23N3O/c1-2-35-28-13-7-5-11-26(28)34-33(35)21-15-17-22(18-16-21)36-27-12-6-3-10-25(27)31-29(36)20-19-24-23-9-4-8-14-30(23)37-32(24)31/h3-20H,2H2,1H3. The lowest BCUT2D eigenvalue weighted by Gasteiger charge is -2.10. The summed E-state index contributed by atoms with van der Waals surface area (Å²) in [4.78, 5) is 4.94. The molecule has 4 heteroatoms. The van der Waals surface area contributed by atoms with Crippen molar-refractivity contribution in [2.75, 3.05) is 0 Å². The van der Waals surface area contributed by atoms with Crippen molar-refractivity contribution in [3.63, 3.8) is 0 Å². The number of aromatic nitrogens is 3. The Hall–Kier alpha value is -4.83. The van der Waals surface area contributed by atoms with Crippen molar-refractivity contribution in [1.82, 2.24) is 14.1 Å². The lowest BCUT2D eigenvalue weighted by atomic mass is 10.1. The first-order chi connectivity index (χ1) is 18.3. The highest BCUT2D eigenvalue weighted by Crippen LogP contribution is 2.40. The molecule has 0 radical (unpaired) electrons. The number of para-hydroxylation sites is 4. The zero-order chi connectivity index (χ0) is 24.5. The highest BCUT2D eigenvalue weighted by Gasteiger charge is 2.18. The van der Waals surface area contributed by atoms with Gasteiger partial charge in [-0.05, 0) is 67.6 Å².